The Morgan fingerprint density at radius 2 is 1.75 bits per heavy atom. The van der Waals surface area contributed by atoms with Gasteiger partial charge in [0, 0.05) is 37.9 Å². The average Bonchev–Trinajstić information content (AvgIpc) is 3.36. The first kappa shape index (κ1) is 18.8. The summed E-state index contributed by atoms with van der Waals surface area (Å²) in [6.07, 6.45) is 1.67. The molecule has 1 aliphatic carbocycles. The second kappa shape index (κ2) is 7.48. The van der Waals surface area contributed by atoms with E-state index in [1.54, 1.807) is 12.0 Å². The van der Waals surface area contributed by atoms with Gasteiger partial charge < -0.3 is 19.0 Å². The second-order valence-electron chi connectivity index (χ2n) is 6.99. The molecule has 0 bridgehead atoms. The molecule has 2 aromatic rings. The van der Waals surface area contributed by atoms with Crippen LogP contribution in [0.4, 0.5) is 5.69 Å². The van der Waals surface area contributed by atoms with Gasteiger partial charge in [0.2, 0.25) is 5.09 Å². The van der Waals surface area contributed by atoms with Gasteiger partial charge in [-0.05, 0) is 49.2 Å². The fourth-order valence-electron chi connectivity index (χ4n) is 3.17. The van der Waals surface area contributed by atoms with Crippen LogP contribution >= 0.6 is 0 Å². The van der Waals surface area contributed by atoms with Gasteiger partial charge in [0.05, 0.1) is 7.11 Å². The first-order chi connectivity index (χ1) is 13.5. The molecular formula is C19H23N3O5S. The van der Waals surface area contributed by atoms with E-state index in [0.717, 1.165) is 24.3 Å². The summed E-state index contributed by atoms with van der Waals surface area (Å²) < 4.78 is 37.5. The molecular weight excluding hydrogens is 382 g/mol. The molecule has 150 valence electrons. The van der Waals surface area contributed by atoms with E-state index in [0.29, 0.717) is 26.2 Å². The van der Waals surface area contributed by atoms with Crippen molar-refractivity contribution in [3.8, 4) is 5.75 Å². The quantitative estimate of drug-likeness (QED) is 0.786. The Balaban J connectivity index is 1.37. The number of hydrogen-bond donors (Lipinski definition) is 1. The predicted molar refractivity (Wildman–Crippen MR) is 103 cm³/mol. The van der Waals surface area contributed by atoms with Gasteiger partial charge in [0.15, 0.2) is 5.76 Å². The van der Waals surface area contributed by atoms with Crippen molar-refractivity contribution >= 4 is 21.6 Å². The fourth-order valence-corrected chi connectivity index (χ4v) is 4.41. The van der Waals surface area contributed by atoms with E-state index in [2.05, 4.69) is 9.62 Å². The minimum Gasteiger partial charge on any atom is -0.497 e. The number of nitrogens with one attached hydrogen (secondary N) is 1. The number of carbonyl (C=O) groups excluding carboxylic acids is 1. The number of piperazine rings is 1. The van der Waals surface area contributed by atoms with Crippen LogP contribution in [-0.4, -0.2) is 58.6 Å². The van der Waals surface area contributed by atoms with Crippen molar-refractivity contribution in [2.75, 3.05) is 38.2 Å². The SMILES string of the molecule is COc1ccc(N2CCN(C(=O)c3ccc(S(=O)(=O)NC4CC4)o3)CC2)cc1. The first-order valence-electron chi connectivity index (χ1n) is 9.27. The molecule has 1 amide bonds. The summed E-state index contributed by atoms with van der Waals surface area (Å²) in [4.78, 5) is 16.6. The van der Waals surface area contributed by atoms with Gasteiger partial charge in [-0.15, -0.1) is 0 Å². The van der Waals surface area contributed by atoms with Crippen molar-refractivity contribution in [1.29, 1.82) is 0 Å². The van der Waals surface area contributed by atoms with Crippen LogP contribution in [0.3, 0.4) is 0 Å². The largest absolute Gasteiger partial charge is 0.497 e. The number of carbonyl (C=O) groups is 1. The molecule has 1 saturated carbocycles. The zero-order valence-electron chi connectivity index (χ0n) is 15.6. The number of methoxy groups -OCH3 is 1. The van der Waals surface area contributed by atoms with E-state index < -0.39 is 10.0 Å². The molecule has 4 rings (SSSR count). The van der Waals surface area contributed by atoms with E-state index in [1.807, 2.05) is 24.3 Å². The molecule has 2 heterocycles. The number of benzene rings is 1. The molecule has 2 aliphatic rings. The Bertz CT molecular complexity index is 942. The maximum Gasteiger partial charge on any atom is 0.289 e. The van der Waals surface area contributed by atoms with Crippen LogP contribution < -0.4 is 14.4 Å². The summed E-state index contributed by atoms with van der Waals surface area (Å²) in [5.41, 5.74) is 1.07. The lowest BCUT2D eigenvalue weighted by molar-refractivity contribution is 0.0709. The summed E-state index contributed by atoms with van der Waals surface area (Å²) in [5, 5.41) is -0.209. The molecule has 0 spiro atoms. The smallest absolute Gasteiger partial charge is 0.289 e. The number of ether oxygens (including phenoxy) is 1. The minimum absolute atomic E-state index is 0.0136. The lowest BCUT2D eigenvalue weighted by Crippen LogP contribution is -2.48. The van der Waals surface area contributed by atoms with Gasteiger partial charge in [-0.1, -0.05) is 0 Å². The van der Waals surface area contributed by atoms with Gasteiger partial charge in [-0.25, -0.2) is 13.1 Å². The minimum atomic E-state index is -3.70. The average molecular weight is 405 g/mol. The third-order valence-corrected chi connectivity index (χ3v) is 6.35. The number of nitrogens with zero attached hydrogens (tertiary/aromatic N) is 2. The third kappa shape index (κ3) is 4.00. The van der Waals surface area contributed by atoms with Crippen LogP contribution in [-0.2, 0) is 10.0 Å². The van der Waals surface area contributed by atoms with Crippen molar-refractivity contribution < 1.29 is 22.4 Å². The van der Waals surface area contributed by atoms with Gasteiger partial charge in [0.1, 0.15) is 5.75 Å². The summed E-state index contributed by atoms with van der Waals surface area (Å²) >= 11 is 0. The van der Waals surface area contributed by atoms with Crippen molar-refractivity contribution in [2.24, 2.45) is 0 Å². The van der Waals surface area contributed by atoms with Crippen LogP contribution in [0.1, 0.15) is 23.4 Å². The van der Waals surface area contributed by atoms with Crippen LogP contribution in [0.25, 0.3) is 0 Å². The summed E-state index contributed by atoms with van der Waals surface area (Å²) in [6.45, 7) is 2.45. The van der Waals surface area contributed by atoms with E-state index in [9.17, 15) is 13.2 Å². The molecule has 9 heteroatoms. The monoisotopic (exact) mass is 405 g/mol. The number of rotatable bonds is 6. The molecule has 8 nitrogen and oxygen atoms in total. The molecule has 28 heavy (non-hydrogen) atoms. The molecule has 1 aromatic carbocycles. The number of anilines is 1. The summed E-state index contributed by atoms with van der Waals surface area (Å²) in [5.74, 6) is 0.564. The summed E-state index contributed by atoms with van der Waals surface area (Å²) in [6, 6.07) is 10.6. The number of hydrogen-bond acceptors (Lipinski definition) is 6. The lowest BCUT2D eigenvalue weighted by Gasteiger charge is -2.35. The highest BCUT2D eigenvalue weighted by Gasteiger charge is 2.31. The van der Waals surface area contributed by atoms with E-state index in [1.165, 1.54) is 12.1 Å². The van der Waals surface area contributed by atoms with Crippen LogP contribution in [0.15, 0.2) is 45.9 Å². The maximum atomic E-state index is 12.7. The highest BCUT2D eigenvalue weighted by molar-refractivity contribution is 7.89. The third-order valence-electron chi connectivity index (χ3n) is 4.96. The van der Waals surface area contributed by atoms with Crippen LogP contribution in [0, 0.1) is 0 Å². The standard InChI is InChI=1S/C19H23N3O5S/c1-26-16-6-4-15(5-7-16)21-10-12-22(13-11-21)19(23)17-8-9-18(27-17)28(24,25)20-14-2-3-14/h4-9,14,20H,2-3,10-13H2,1H3. The lowest BCUT2D eigenvalue weighted by atomic mass is 10.2. The zero-order chi connectivity index (χ0) is 19.7. The Morgan fingerprint density at radius 3 is 2.36 bits per heavy atom. The number of sulfonamides is 1. The first-order valence-corrected chi connectivity index (χ1v) is 10.7. The van der Waals surface area contributed by atoms with E-state index in [-0.39, 0.29) is 22.8 Å². The van der Waals surface area contributed by atoms with Crippen molar-refractivity contribution in [1.82, 2.24) is 9.62 Å². The Morgan fingerprint density at radius 1 is 1.07 bits per heavy atom. The zero-order valence-corrected chi connectivity index (χ0v) is 16.4. The number of amides is 1. The van der Waals surface area contributed by atoms with Crippen molar-refractivity contribution in [3.63, 3.8) is 0 Å². The second-order valence-corrected chi connectivity index (χ2v) is 8.64. The maximum absolute atomic E-state index is 12.7. The van der Waals surface area contributed by atoms with Gasteiger partial charge in [-0.2, -0.15) is 0 Å². The van der Waals surface area contributed by atoms with Gasteiger partial charge in [-0.3, -0.25) is 4.79 Å². The Kier molecular flexibility index (Phi) is 5.03. The van der Waals surface area contributed by atoms with E-state index >= 15 is 0 Å². The molecule has 0 radical (unpaired) electrons. The van der Waals surface area contributed by atoms with E-state index in [4.69, 9.17) is 9.15 Å². The van der Waals surface area contributed by atoms with Crippen LogP contribution in [0.2, 0.25) is 0 Å². The Hall–Kier alpha value is -2.52. The molecule has 1 N–H and O–H groups in total. The molecule has 1 saturated heterocycles. The molecule has 1 aromatic heterocycles. The van der Waals surface area contributed by atoms with Gasteiger partial charge >= 0.3 is 0 Å². The topological polar surface area (TPSA) is 92.1 Å². The molecule has 0 unspecified atom stereocenters. The molecule has 1 aliphatic heterocycles. The number of furan rings is 1. The normalized spacial score (nSPS) is 17.6. The molecule has 2 fully saturated rings. The predicted octanol–water partition coefficient (Wildman–Crippen LogP) is 1.69. The summed E-state index contributed by atoms with van der Waals surface area (Å²) in [7, 11) is -2.07. The Labute approximate surface area is 164 Å². The van der Waals surface area contributed by atoms with Crippen molar-refractivity contribution in [2.45, 2.75) is 24.0 Å². The highest BCUT2D eigenvalue weighted by Crippen LogP contribution is 2.24. The fraction of sp³-hybridized carbons (Fsp3) is 0.421. The molecule has 0 atom stereocenters. The van der Waals surface area contributed by atoms with Gasteiger partial charge in [0.25, 0.3) is 15.9 Å². The van der Waals surface area contributed by atoms with Crippen molar-refractivity contribution in [3.05, 3.63) is 42.2 Å². The van der Waals surface area contributed by atoms with Crippen LogP contribution in [0.5, 0.6) is 5.75 Å². The highest BCUT2D eigenvalue weighted by atomic mass is 32.2.